The van der Waals surface area contributed by atoms with Crippen LogP contribution in [0.25, 0.3) is 0 Å². The molecule has 1 aliphatic rings. The molecule has 0 bridgehead atoms. The van der Waals surface area contributed by atoms with Crippen molar-refractivity contribution >= 4 is 5.91 Å². The summed E-state index contributed by atoms with van der Waals surface area (Å²) in [5.41, 5.74) is 5.85. The molecule has 1 amide bonds. The van der Waals surface area contributed by atoms with E-state index in [4.69, 9.17) is 5.73 Å². The summed E-state index contributed by atoms with van der Waals surface area (Å²) in [6.45, 7) is 4.98. The number of nitrogens with zero attached hydrogens (tertiary/aromatic N) is 1. The van der Waals surface area contributed by atoms with Gasteiger partial charge in [0.2, 0.25) is 5.91 Å². The van der Waals surface area contributed by atoms with Gasteiger partial charge in [-0.05, 0) is 26.2 Å². The zero-order valence-corrected chi connectivity index (χ0v) is 9.33. The molecule has 0 radical (unpaired) electrons. The van der Waals surface area contributed by atoms with Gasteiger partial charge in [0.05, 0.1) is 0 Å². The van der Waals surface area contributed by atoms with E-state index in [0.717, 1.165) is 19.4 Å². The second kappa shape index (κ2) is 5.35. The molecule has 3 heteroatoms. The molecule has 1 aliphatic carbocycles. The van der Waals surface area contributed by atoms with E-state index in [-0.39, 0.29) is 11.9 Å². The van der Waals surface area contributed by atoms with Crippen LogP contribution in [0.4, 0.5) is 0 Å². The van der Waals surface area contributed by atoms with Gasteiger partial charge in [-0.15, -0.1) is 0 Å². The van der Waals surface area contributed by atoms with Crippen LogP contribution >= 0.6 is 0 Å². The van der Waals surface area contributed by atoms with Crippen LogP contribution in [0.2, 0.25) is 0 Å². The molecular formula is C11H22N2O. The average molecular weight is 198 g/mol. The van der Waals surface area contributed by atoms with Gasteiger partial charge in [-0.3, -0.25) is 4.79 Å². The SMILES string of the molecule is CCCC(N)CC(=O)N(CC)C1CC1. The van der Waals surface area contributed by atoms with Crippen molar-refractivity contribution in [2.24, 2.45) is 5.73 Å². The first kappa shape index (κ1) is 11.5. The second-order valence-corrected chi connectivity index (χ2v) is 4.16. The van der Waals surface area contributed by atoms with E-state index in [1.165, 1.54) is 12.8 Å². The molecule has 1 unspecified atom stereocenters. The molecule has 0 aromatic heterocycles. The maximum atomic E-state index is 11.8. The lowest BCUT2D eigenvalue weighted by Crippen LogP contribution is -2.37. The maximum absolute atomic E-state index is 11.8. The molecule has 1 saturated carbocycles. The van der Waals surface area contributed by atoms with Gasteiger partial charge in [0.15, 0.2) is 0 Å². The Morgan fingerprint density at radius 3 is 2.57 bits per heavy atom. The number of hydrogen-bond donors (Lipinski definition) is 1. The highest BCUT2D eigenvalue weighted by atomic mass is 16.2. The van der Waals surface area contributed by atoms with Crippen LogP contribution in [-0.4, -0.2) is 29.4 Å². The molecule has 0 heterocycles. The van der Waals surface area contributed by atoms with Gasteiger partial charge in [-0.2, -0.15) is 0 Å². The van der Waals surface area contributed by atoms with Crippen LogP contribution in [0, 0.1) is 0 Å². The minimum absolute atomic E-state index is 0.0558. The number of amides is 1. The van der Waals surface area contributed by atoms with E-state index in [0.29, 0.717) is 12.5 Å². The summed E-state index contributed by atoms with van der Waals surface area (Å²) in [6.07, 6.45) is 4.90. The van der Waals surface area contributed by atoms with Crippen LogP contribution in [0.5, 0.6) is 0 Å². The highest BCUT2D eigenvalue weighted by Gasteiger charge is 2.31. The Bertz CT molecular complexity index is 190. The summed E-state index contributed by atoms with van der Waals surface area (Å²) in [4.78, 5) is 13.8. The smallest absolute Gasteiger partial charge is 0.224 e. The van der Waals surface area contributed by atoms with E-state index in [2.05, 4.69) is 6.92 Å². The summed E-state index contributed by atoms with van der Waals surface area (Å²) < 4.78 is 0. The molecule has 0 aliphatic heterocycles. The summed E-state index contributed by atoms with van der Waals surface area (Å²) >= 11 is 0. The molecule has 2 N–H and O–H groups in total. The number of hydrogen-bond acceptors (Lipinski definition) is 2. The Morgan fingerprint density at radius 1 is 1.50 bits per heavy atom. The third-order valence-electron chi connectivity index (χ3n) is 2.74. The zero-order chi connectivity index (χ0) is 10.6. The van der Waals surface area contributed by atoms with Gasteiger partial charge >= 0.3 is 0 Å². The Labute approximate surface area is 86.6 Å². The molecule has 82 valence electrons. The van der Waals surface area contributed by atoms with Gasteiger partial charge in [0, 0.05) is 25.0 Å². The van der Waals surface area contributed by atoms with Crippen molar-refractivity contribution in [1.82, 2.24) is 4.90 Å². The second-order valence-electron chi connectivity index (χ2n) is 4.16. The van der Waals surface area contributed by atoms with Crippen molar-refractivity contribution in [3.05, 3.63) is 0 Å². The molecule has 0 aromatic carbocycles. The maximum Gasteiger partial charge on any atom is 0.224 e. The fraction of sp³-hybridized carbons (Fsp3) is 0.909. The predicted molar refractivity (Wildman–Crippen MR) is 57.9 cm³/mol. The van der Waals surface area contributed by atoms with Gasteiger partial charge < -0.3 is 10.6 Å². The molecule has 1 fully saturated rings. The van der Waals surface area contributed by atoms with Gasteiger partial charge in [0.25, 0.3) is 0 Å². The molecule has 1 atom stereocenters. The molecular weight excluding hydrogens is 176 g/mol. The van der Waals surface area contributed by atoms with Crippen molar-refractivity contribution in [2.45, 2.75) is 58.0 Å². The summed E-state index contributed by atoms with van der Waals surface area (Å²) in [6, 6.07) is 0.585. The van der Waals surface area contributed by atoms with E-state index < -0.39 is 0 Å². The van der Waals surface area contributed by atoms with Crippen molar-refractivity contribution in [3.8, 4) is 0 Å². The summed E-state index contributed by atoms with van der Waals surface area (Å²) in [5.74, 6) is 0.246. The fourth-order valence-corrected chi connectivity index (χ4v) is 1.84. The predicted octanol–water partition coefficient (Wildman–Crippen LogP) is 1.51. The molecule has 1 rings (SSSR count). The van der Waals surface area contributed by atoms with Crippen molar-refractivity contribution in [2.75, 3.05) is 6.54 Å². The van der Waals surface area contributed by atoms with Crippen LogP contribution < -0.4 is 5.73 Å². The van der Waals surface area contributed by atoms with Gasteiger partial charge in [0.1, 0.15) is 0 Å². The van der Waals surface area contributed by atoms with E-state index in [9.17, 15) is 4.79 Å². The monoisotopic (exact) mass is 198 g/mol. The Hall–Kier alpha value is -0.570. The van der Waals surface area contributed by atoms with Crippen LogP contribution in [0.1, 0.15) is 46.0 Å². The lowest BCUT2D eigenvalue weighted by atomic mass is 10.1. The van der Waals surface area contributed by atoms with Crippen molar-refractivity contribution < 1.29 is 4.79 Å². The van der Waals surface area contributed by atoms with E-state index >= 15 is 0 Å². The molecule has 0 aromatic rings. The Balaban J connectivity index is 2.31. The van der Waals surface area contributed by atoms with Crippen LogP contribution in [0.15, 0.2) is 0 Å². The van der Waals surface area contributed by atoms with Gasteiger partial charge in [-0.1, -0.05) is 13.3 Å². The minimum atomic E-state index is 0.0558. The Kier molecular flexibility index (Phi) is 4.39. The summed E-state index contributed by atoms with van der Waals surface area (Å²) in [7, 11) is 0. The molecule has 14 heavy (non-hydrogen) atoms. The molecule has 3 nitrogen and oxygen atoms in total. The topological polar surface area (TPSA) is 46.3 Å². The normalized spacial score (nSPS) is 17.9. The number of rotatable bonds is 6. The zero-order valence-electron chi connectivity index (χ0n) is 9.33. The third-order valence-corrected chi connectivity index (χ3v) is 2.74. The first-order valence-corrected chi connectivity index (χ1v) is 5.74. The minimum Gasteiger partial charge on any atom is -0.340 e. The van der Waals surface area contributed by atoms with Crippen LogP contribution in [-0.2, 0) is 4.79 Å². The summed E-state index contributed by atoms with van der Waals surface area (Å²) in [5, 5.41) is 0. The quantitative estimate of drug-likeness (QED) is 0.703. The lowest BCUT2D eigenvalue weighted by Gasteiger charge is -2.22. The number of carbonyl (C=O) groups is 1. The first-order chi connectivity index (χ1) is 6.69. The van der Waals surface area contributed by atoms with Crippen molar-refractivity contribution in [1.29, 1.82) is 0 Å². The molecule has 0 spiro atoms. The number of nitrogens with two attached hydrogens (primary N) is 1. The van der Waals surface area contributed by atoms with Crippen molar-refractivity contribution in [3.63, 3.8) is 0 Å². The highest BCUT2D eigenvalue weighted by molar-refractivity contribution is 5.77. The fourth-order valence-electron chi connectivity index (χ4n) is 1.84. The van der Waals surface area contributed by atoms with Gasteiger partial charge in [-0.25, -0.2) is 0 Å². The number of carbonyl (C=O) groups excluding carboxylic acids is 1. The van der Waals surface area contributed by atoms with E-state index in [1.54, 1.807) is 0 Å². The van der Waals surface area contributed by atoms with Crippen LogP contribution in [0.3, 0.4) is 0 Å². The third kappa shape index (κ3) is 3.29. The largest absolute Gasteiger partial charge is 0.340 e. The average Bonchev–Trinajstić information content (AvgIpc) is 2.89. The highest BCUT2D eigenvalue weighted by Crippen LogP contribution is 2.27. The molecule has 0 saturated heterocycles. The lowest BCUT2D eigenvalue weighted by molar-refractivity contribution is -0.131. The standard InChI is InChI=1S/C11H22N2O/c1-3-5-9(12)8-11(14)13(4-2)10-6-7-10/h9-10H,3-8,12H2,1-2H3. The first-order valence-electron chi connectivity index (χ1n) is 5.74. The Morgan fingerprint density at radius 2 is 2.14 bits per heavy atom. The van der Waals surface area contributed by atoms with E-state index in [1.807, 2.05) is 11.8 Å².